The van der Waals surface area contributed by atoms with Crippen LogP contribution in [-0.4, -0.2) is 6.54 Å². The molecule has 1 aromatic carbocycles. The van der Waals surface area contributed by atoms with E-state index in [1.807, 2.05) is 0 Å². The van der Waals surface area contributed by atoms with Gasteiger partial charge >= 0.3 is 0 Å². The van der Waals surface area contributed by atoms with Gasteiger partial charge in [-0.2, -0.15) is 0 Å². The summed E-state index contributed by atoms with van der Waals surface area (Å²) in [7, 11) is 0. The Kier molecular flexibility index (Phi) is 2.49. The molecule has 0 saturated carbocycles. The second-order valence-corrected chi connectivity index (χ2v) is 5.55. The summed E-state index contributed by atoms with van der Waals surface area (Å²) in [5, 5.41) is 3.54. The van der Waals surface area contributed by atoms with E-state index in [9.17, 15) is 0 Å². The van der Waals surface area contributed by atoms with Crippen molar-refractivity contribution in [1.82, 2.24) is 0 Å². The zero-order valence-corrected chi connectivity index (χ0v) is 10.3. The first kappa shape index (κ1) is 10.5. The number of aryl methyl sites for hydroxylation is 1. The van der Waals surface area contributed by atoms with Crippen molar-refractivity contribution >= 4 is 5.69 Å². The van der Waals surface area contributed by atoms with Crippen molar-refractivity contribution in [3.63, 3.8) is 0 Å². The highest BCUT2D eigenvalue weighted by atomic mass is 14.9. The molecule has 0 bridgehead atoms. The molecule has 0 spiro atoms. The lowest BCUT2D eigenvalue weighted by Crippen LogP contribution is -2.18. The molecule has 0 atom stereocenters. The van der Waals surface area contributed by atoms with Crippen LogP contribution in [0.15, 0.2) is 12.1 Å². The third kappa shape index (κ3) is 1.88. The lowest BCUT2D eigenvalue weighted by Gasteiger charge is -2.27. The van der Waals surface area contributed by atoms with Gasteiger partial charge < -0.3 is 5.32 Å². The Morgan fingerprint density at radius 2 is 1.93 bits per heavy atom. The highest BCUT2D eigenvalue weighted by molar-refractivity contribution is 5.62. The molecule has 15 heavy (non-hydrogen) atoms. The molecule has 0 unspecified atom stereocenters. The second-order valence-electron chi connectivity index (χ2n) is 5.55. The van der Waals surface area contributed by atoms with Crippen LogP contribution in [-0.2, 0) is 11.8 Å². The molecule has 1 heterocycles. The van der Waals surface area contributed by atoms with E-state index in [-0.39, 0.29) is 5.41 Å². The van der Waals surface area contributed by atoms with Crippen LogP contribution in [0.25, 0.3) is 0 Å². The van der Waals surface area contributed by atoms with E-state index >= 15 is 0 Å². The van der Waals surface area contributed by atoms with Crippen LogP contribution in [0, 0.1) is 6.92 Å². The lowest BCUT2D eigenvalue weighted by molar-refractivity contribution is 0.585. The molecule has 0 aliphatic carbocycles. The van der Waals surface area contributed by atoms with Gasteiger partial charge in [-0.15, -0.1) is 0 Å². The van der Waals surface area contributed by atoms with Crippen molar-refractivity contribution in [3.8, 4) is 0 Å². The molecule has 0 saturated heterocycles. The molecule has 0 radical (unpaired) electrons. The van der Waals surface area contributed by atoms with Gasteiger partial charge in [0.2, 0.25) is 0 Å². The van der Waals surface area contributed by atoms with Crippen molar-refractivity contribution in [3.05, 3.63) is 28.8 Å². The predicted octanol–water partition coefficient (Wildman–Crippen LogP) is 3.65. The Morgan fingerprint density at radius 3 is 2.60 bits per heavy atom. The predicted molar refractivity (Wildman–Crippen MR) is 66.7 cm³/mol. The van der Waals surface area contributed by atoms with Gasteiger partial charge in [0, 0.05) is 12.2 Å². The average Bonchev–Trinajstić information content (AvgIpc) is 2.16. The first-order valence-electron chi connectivity index (χ1n) is 5.87. The molecular formula is C14H21N. The number of benzene rings is 1. The van der Waals surface area contributed by atoms with Crippen LogP contribution < -0.4 is 5.32 Å². The van der Waals surface area contributed by atoms with Crippen LogP contribution >= 0.6 is 0 Å². The van der Waals surface area contributed by atoms with Crippen LogP contribution in [0.2, 0.25) is 0 Å². The number of anilines is 1. The third-order valence-electron chi connectivity index (χ3n) is 3.28. The summed E-state index contributed by atoms with van der Waals surface area (Å²) in [6.45, 7) is 10.2. The highest BCUT2D eigenvalue weighted by Crippen LogP contribution is 2.34. The minimum Gasteiger partial charge on any atom is -0.385 e. The van der Waals surface area contributed by atoms with Gasteiger partial charge in [0.15, 0.2) is 0 Å². The summed E-state index contributed by atoms with van der Waals surface area (Å²) in [6.07, 6.45) is 2.49. The molecule has 1 nitrogen and oxygen atoms in total. The molecule has 2 rings (SSSR count). The molecule has 0 fully saturated rings. The van der Waals surface area contributed by atoms with Crippen molar-refractivity contribution < 1.29 is 0 Å². The van der Waals surface area contributed by atoms with E-state index in [2.05, 4.69) is 45.1 Å². The van der Waals surface area contributed by atoms with Crippen LogP contribution in [0.1, 0.15) is 43.9 Å². The first-order chi connectivity index (χ1) is 7.00. The highest BCUT2D eigenvalue weighted by Gasteiger charge is 2.20. The summed E-state index contributed by atoms with van der Waals surface area (Å²) in [6, 6.07) is 4.61. The summed E-state index contributed by atoms with van der Waals surface area (Å²) in [5.74, 6) is 0. The van der Waals surface area contributed by atoms with Crippen LogP contribution in [0.3, 0.4) is 0 Å². The lowest BCUT2D eigenvalue weighted by atomic mass is 9.82. The zero-order valence-electron chi connectivity index (χ0n) is 10.3. The number of hydrogen-bond acceptors (Lipinski definition) is 1. The Morgan fingerprint density at radius 1 is 1.20 bits per heavy atom. The van der Waals surface area contributed by atoms with Gasteiger partial charge in [0.05, 0.1) is 0 Å². The van der Waals surface area contributed by atoms with E-state index in [1.165, 1.54) is 35.2 Å². The maximum atomic E-state index is 3.54. The van der Waals surface area contributed by atoms with Gasteiger partial charge in [-0.25, -0.2) is 0 Å². The number of fused-ring (bicyclic) bond motifs is 1. The summed E-state index contributed by atoms with van der Waals surface area (Å²) in [4.78, 5) is 0. The van der Waals surface area contributed by atoms with E-state index < -0.39 is 0 Å². The Bertz CT molecular complexity index is 372. The van der Waals surface area contributed by atoms with Crippen molar-refractivity contribution in [2.24, 2.45) is 0 Å². The second kappa shape index (κ2) is 3.55. The molecule has 1 aromatic rings. The topological polar surface area (TPSA) is 12.0 Å². The number of hydrogen-bond donors (Lipinski definition) is 1. The quantitative estimate of drug-likeness (QED) is 0.678. The fourth-order valence-corrected chi connectivity index (χ4v) is 2.53. The molecule has 82 valence electrons. The monoisotopic (exact) mass is 203 g/mol. The molecule has 0 aromatic heterocycles. The van der Waals surface area contributed by atoms with E-state index in [4.69, 9.17) is 0 Å². The van der Waals surface area contributed by atoms with Crippen LogP contribution in [0.4, 0.5) is 5.69 Å². The average molecular weight is 203 g/mol. The summed E-state index contributed by atoms with van der Waals surface area (Å²) >= 11 is 0. The maximum absolute atomic E-state index is 3.54. The fraction of sp³-hybridized carbons (Fsp3) is 0.571. The molecule has 1 heteroatoms. The fourth-order valence-electron chi connectivity index (χ4n) is 2.53. The number of rotatable bonds is 0. The Labute approximate surface area is 92.9 Å². The van der Waals surface area contributed by atoms with Crippen LogP contribution in [0.5, 0.6) is 0 Å². The minimum absolute atomic E-state index is 0.248. The van der Waals surface area contributed by atoms with E-state index in [0.717, 1.165) is 6.54 Å². The maximum Gasteiger partial charge on any atom is 0.0405 e. The zero-order chi connectivity index (χ0) is 11.1. The SMILES string of the molecule is Cc1c(C(C)(C)C)ccc2c1NCCC2. The molecular weight excluding hydrogens is 182 g/mol. The summed E-state index contributed by atoms with van der Waals surface area (Å²) in [5.41, 5.74) is 6.05. The molecule has 0 amide bonds. The molecule has 1 aliphatic heterocycles. The summed E-state index contributed by atoms with van der Waals surface area (Å²) < 4.78 is 0. The van der Waals surface area contributed by atoms with Gasteiger partial charge in [0.25, 0.3) is 0 Å². The third-order valence-corrected chi connectivity index (χ3v) is 3.28. The van der Waals surface area contributed by atoms with E-state index in [1.54, 1.807) is 0 Å². The van der Waals surface area contributed by atoms with Gasteiger partial charge in [0.1, 0.15) is 0 Å². The van der Waals surface area contributed by atoms with Gasteiger partial charge in [-0.3, -0.25) is 0 Å². The Balaban J connectivity index is 2.53. The largest absolute Gasteiger partial charge is 0.385 e. The van der Waals surface area contributed by atoms with Gasteiger partial charge in [-0.1, -0.05) is 32.9 Å². The smallest absolute Gasteiger partial charge is 0.0405 e. The Hall–Kier alpha value is -0.980. The standard InChI is InChI=1S/C14H21N/c1-10-12(14(2,3)4)8-7-11-6-5-9-15-13(10)11/h7-8,15H,5-6,9H2,1-4H3. The van der Waals surface area contributed by atoms with E-state index in [0.29, 0.717) is 0 Å². The molecule has 1 N–H and O–H groups in total. The minimum atomic E-state index is 0.248. The van der Waals surface area contributed by atoms with Crippen molar-refractivity contribution in [2.75, 3.05) is 11.9 Å². The number of nitrogens with one attached hydrogen (secondary N) is 1. The first-order valence-corrected chi connectivity index (χ1v) is 5.87. The van der Waals surface area contributed by atoms with Crippen molar-refractivity contribution in [1.29, 1.82) is 0 Å². The normalized spacial score (nSPS) is 15.7. The van der Waals surface area contributed by atoms with Crippen molar-refractivity contribution in [2.45, 2.75) is 46.0 Å². The van der Waals surface area contributed by atoms with Gasteiger partial charge in [-0.05, 0) is 41.9 Å². The molecule has 1 aliphatic rings.